The van der Waals surface area contributed by atoms with Gasteiger partial charge in [0.1, 0.15) is 11.4 Å². The monoisotopic (exact) mass is 636 g/mol. The van der Waals surface area contributed by atoms with E-state index < -0.39 is 26.2 Å². The molecule has 2 atom stereocenters. The van der Waals surface area contributed by atoms with Gasteiger partial charge in [-0.2, -0.15) is 0 Å². The van der Waals surface area contributed by atoms with Crippen molar-refractivity contribution < 1.29 is 21.8 Å². The molecule has 4 aliphatic rings. The predicted octanol–water partition coefficient (Wildman–Crippen LogP) is 10.6. The van der Waals surface area contributed by atoms with Gasteiger partial charge in [0.25, 0.3) is 0 Å². The first-order chi connectivity index (χ1) is 26.9. The lowest BCUT2D eigenvalue weighted by Gasteiger charge is -2.25. The standard InChI is InChI=1S/C43H37N3O2/c1-26-23-29(45-37-17-9-10-18-38(37)46-36-16-8-7-15-35(36)44-42(45)46)21-22-30(26)32-24-28(3)33(25-27(32)2)31-13-12-20-40-41(31)47-39-19-11-6-14-34(39)43(4,5)48-40/h6-25,35-36H,1-5H3/i1D3,2D3,3D3. The summed E-state index contributed by atoms with van der Waals surface area (Å²) in [4.78, 5) is 9.08. The number of benzene rings is 5. The van der Waals surface area contributed by atoms with Gasteiger partial charge in [0, 0.05) is 29.2 Å². The second kappa shape index (κ2) is 10.5. The van der Waals surface area contributed by atoms with E-state index >= 15 is 0 Å². The van der Waals surface area contributed by atoms with Crippen molar-refractivity contribution in [3.05, 3.63) is 144 Å². The molecular formula is C43H37N3O2. The molecule has 0 radical (unpaired) electrons. The zero-order chi connectivity index (χ0) is 40.2. The van der Waals surface area contributed by atoms with Crippen LogP contribution in [0.25, 0.3) is 22.3 Å². The normalized spacial score (nSPS) is 22.9. The molecular weight excluding hydrogens is 590 g/mol. The van der Waals surface area contributed by atoms with E-state index in [1.807, 2.05) is 79.4 Å². The van der Waals surface area contributed by atoms with Crippen LogP contribution in [-0.4, -0.2) is 18.0 Å². The number of hydrogen-bond donors (Lipinski definition) is 0. The third-order valence-electron chi connectivity index (χ3n) is 9.53. The first-order valence-electron chi connectivity index (χ1n) is 20.5. The Balaban J connectivity index is 1.24. The summed E-state index contributed by atoms with van der Waals surface area (Å²) in [6, 6.07) is 27.6. The molecule has 0 saturated heterocycles. The third-order valence-corrected chi connectivity index (χ3v) is 9.53. The van der Waals surface area contributed by atoms with Crippen molar-refractivity contribution in [3.8, 4) is 39.5 Å². The number of para-hydroxylation sites is 4. The van der Waals surface area contributed by atoms with Crippen LogP contribution >= 0.6 is 0 Å². The fourth-order valence-corrected chi connectivity index (χ4v) is 7.28. The molecule has 0 bridgehead atoms. The van der Waals surface area contributed by atoms with E-state index in [1.54, 1.807) is 36.4 Å². The number of aryl methyl sites for hydroxylation is 3. The van der Waals surface area contributed by atoms with E-state index in [-0.39, 0.29) is 51.2 Å². The Hall–Kier alpha value is -5.55. The van der Waals surface area contributed by atoms with Crippen LogP contribution in [0.2, 0.25) is 0 Å². The molecule has 3 aliphatic heterocycles. The number of rotatable bonds is 3. The Kier molecular flexibility index (Phi) is 4.50. The van der Waals surface area contributed by atoms with Gasteiger partial charge in [0.2, 0.25) is 5.96 Å². The molecule has 1 aliphatic carbocycles. The highest BCUT2D eigenvalue weighted by atomic mass is 16.5. The second-order valence-electron chi connectivity index (χ2n) is 12.9. The molecule has 3 heterocycles. The summed E-state index contributed by atoms with van der Waals surface area (Å²) in [6.07, 6.45) is 8.07. The average Bonchev–Trinajstić information content (AvgIpc) is 3.64. The summed E-state index contributed by atoms with van der Waals surface area (Å²) >= 11 is 0. The highest BCUT2D eigenvalue weighted by molar-refractivity contribution is 6.22. The molecule has 5 aromatic rings. The third kappa shape index (κ3) is 4.27. The van der Waals surface area contributed by atoms with E-state index in [2.05, 4.69) is 11.0 Å². The minimum atomic E-state index is -2.79. The van der Waals surface area contributed by atoms with Gasteiger partial charge >= 0.3 is 0 Å². The van der Waals surface area contributed by atoms with Crippen molar-refractivity contribution >= 4 is 23.0 Å². The Morgan fingerprint density at radius 1 is 0.688 bits per heavy atom. The van der Waals surface area contributed by atoms with E-state index in [4.69, 9.17) is 26.8 Å². The number of hydrogen-bond acceptors (Lipinski definition) is 5. The molecule has 0 spiro atoms. The van der Waals surface area contributed by atoms with Gasteiger partial charge in [-0.05, 0) is 104 Å². The number of fused-ring (bicyclic) bond motifs is 7. The summed E-state index contributed by atoms with van der Waals surface area (Å²) in [5.41, 5.74) is 2.18. The number of ether oxygens (including phenoxy) is 2. The van der Waals surface area contributed by atoms with Gasteiger partial charge in [-0.25, -0.2) is 4.99 Å². The van der Waals surface area contributed by atoms with Gasteiger partial charge < -0.3 is 14.4 Å². The zero-order valence-corrected chi connectivity index (χ0v) is 26.4. The van der Waals surface area contributed by atoms with Gasteiger partial charge in [-0.1, -0.05) is 85.0 Å². The van der Waals surface area contributed by atoms with Crippen LogP contribution in [0.15, 0.2) is 126 Å². The Morgan fingerprint density at radius 3 is 2.23 bits per heavy atom. The van der Waals surface area contributed by atoms with E-state index in [0.717, 1.165) is 16.9 Å². The van der Waals surface area contributed by atoms with E-state index in [9.17, 15) is 0 Å². The molecule has 0 saturated carbocycles. The van der Waals surface area contributed by atoms with Gasteiger partial charge in [-0.15, -0.1) is 0 Å². The molecule has 0 aromatic heterocycles. The van der Waals surface area contributed by atoms with Crippen LogP contribution in [-0.2, 0) is 5.60 Å². The predicted molar refractivity (Wildman–Crippen MR) is 196 cm³/mol. The largest absolute Gasteiger partial charge is 0.479 e. The van der Waals surface area contributed by atoms with Crippen molar-refractivity contribution in [1.29, 1.82) is 0 Å². The first kappa shape index (κ1) is 20.6. The molecule has 0 amide bonds. The van der Waals surface area contributed by atoms with Crippen molar-refractivity contribution in [3.63, 3.8) is 0 Å². The summed E-state index contributed by atoms with van der Waals surface area (Å²) in [7, 11) is 0. The van der Waals surface area contributed by atoms with Crippen LogP contribution in [0.1, 0.15) is 48.4 Å². The maximum Gasteiger partial charge on any atom is 0.211 e. The maximum absolute atomic E-state index is 8.72. The topological polar surface area (TPSA) is 37.3 Å². The molecule has 236 valence electrons. The molecule has 5 heteroatoms. The summed E-state index contributed by atoms with van der Waals surface area (Å²) in [5.74, 6) is 1.74. The fraction of sp³-hybridized carbons (Fsp3) is 0.186. The first-order valence-corrected chi connectivity index (χ1v) is 16.0. The zero-order valence-electron chi connectivity index (χ0n) is 35.4. The minimum Gasteiger partial charge on any atom is -0.479 e. The molecule has 0 fully saturated rings. The second-order valence-corrected chi connectivity index (χ2v) is 12.9. The molecule has 9 rings (SSSR count). The van der Waals surface area contributed by atoms with Crippen molar-refractivity contribution in [2.24, 2.45) is 4.99 Å². The number of guanidine groups is 1. The number of aliphatic imine (C=N–C) groups is 1. The van der Waals surface area contributed by atoms with Crippen molar-refractivity contribution in [2.75, 3.05) is 9.80 Å². The van der Waals surface area contributed by atoms with E-state index in [0.29, 0.717) is 28.7 Å². The quantitative estimate of drug-likeness (QED) is 0.197. The highest BCUT2D eigenvalue weighted by Crippen LogP contribution is 2.50. The van der Waals surface area contributed by atoms with Crippen LogP contribution in [0.3, 0.4) is 0 Å². The molecule has 48 heavy (non-hydrogen) atoms. The van der Waals surface area contributed by atoms with E-state index in [1.165, 1.54) is 18.2 Å². The van der Waals surface area contributed by atoms with Crippen LogP contribution in [0.5, 0.6) is 17.2 Å². The maximum atomic E-state index is 8.72. The Bertz CT molecular complexity index is 2570. The summed E-state index contributed by atoms with van der Waals surface area (Å²) in [6.45, 7) is -4.47. The summed E-state index contributed by atoms with van der Waals surface area (Å²) in [5, 5.41) is 0. The number of allylic oxidation sites excluding steroid dienone is 2. The lowest BCUT2D eigenvalue weighted by Crippen LogP contribution is -2.39. The number of nitrogens with zero attached hydrogens (tertiary/aromatic N) is 3. The Morgan fingerprint density at radius 2 is 1.40 bits per heavy atom. The van der Waals surface area contributed by atoms with Crippen LogP contribution in [0, 0.1) is 20.6 Å². The molecule has 5 nitrogen and oxygen atoms in total. The van der Waals surface area contributed by atoms with Gasteiger partial charge in [0.05, 0.1) is 23.5 Å². The van der Waals surface area contributed by atoms with Gasteiger partial charge in [-0.3, -0.25) is 4.90 Å². The summed E-state index contributed by atoms with van der Waals surface area (Å²) < 4.78 is 91.5. The smallest absolute Gasteiger partial charge is 0.211 e. The van der Waals surface area contributed by atoms with Gasteiger partial charge in [0.15, 0.2) is 11.5 Å². The van der Waals surface area contributed by atoms with Crippen molar-refractivity contribution in [1.82, 2.24) is 0 Å². The molecule has 5 aromatic carbocycles. The van der Waals surface area contributed by atoms with Crippen LogP contribution < -0.4 is 19.3 Å². The fourth-order valence-electron chi connectivity index (χ4n) is 7.28. The van der Waals surface area contributed by atoms with Crippen molar-refractivity contribution in [2.45, 2.75) is 52.1 Å². The molecule has 0 N–H and O–H groups in total. The number of anilines is 3. The molecule has 2 unspecified atom stereocenters. The highest BCUT2D eigenvalue weighted by Gasteiger charge is 2.44. The van der Waals surface area contributed by atoms with Crippen LogP contribution in [0.4, 0.5) is 17.1 Å². The average molecular weight is 637 g/mol. The minimum absolute atomic E-state index is 0.0174. The Labute approximate surface area is 294 Å². The lowest BCUT2D eigenvalue weighted by atomic mass is 9.89. The SMILES string of the molecule is [2H]C([2H])([2H])c1cc(N2C3=NC4C=CC=CC4N3c3ccccc32)ccc1-c1cc(C([2H])([2H])[2H])c(-c2cccc3c2Oc2ccccc2C(C)(C)O3)cc1C([2H])([2H])[2H]. The lowest BCUT2D eigenvalue weighted by molar-refractivity contribution is 0.111.